The van der Waals surface area contributed by atoms with Crippen LogP contribution in [0.15, 0.2) is 128 Å². The molecule has 0 radical (unpaired) electrons. The normalized spacial score (nSPS) is 32.0. The van der Waals surface area contributed by atoms with Gasteiger partial charge in [0.05, 0.1) is 24.0 Å². The molecule has 36 heteroatoms. The van der Waals surface area contributed by atoms with Crippen LogP contribution in [-0.4, -0.2) is 250 Å². The molecule has 5 fully saturated rings. The summed E-state index contributed by atoms with van der Waals surface area (Å²) in [5, 5.41) is 217. The summed E-state index contributed by atoms with van der Waals surface area (Å²) in [6.07, 6.45) is -40.5. The van der Waals surface area contributed by atoms with Crippen molar-refractivity contribution < 1.29 is 168 Å². The minimum atomic E-state index is -2.27. The molecule has 6 aromatic carbocycles. The van der Waals surface area contributed by atoms with Gasteiger partial charge in [-0.2, -0.15) is 0 Å². The van der Waals surface area contributed by atoms with Crippen LogP contribution in [0.2, 0.25) is 0 Å². The number of benzene rings is 6. The number of carbonyl (C=O) groups excluding carboxylic acids is 2. The summed E-state index contributed by atoms with van der Waals surface area (Å²) in [6.45, 7) is 0.433. The van der Waals surface area contributed by atoms with Crippen molar-refractivity contribution >= 4 is 33.9 Å². The first-order valence-corrected chi connectivity index (χ1v) is 33.4. The van der Waals surface area contributed by atoms with Crippen LogP contribution in [0, 0.1) is 11.8 Å². The average Bonchev–Trinajstić information content (AvgIpc) is 0.720. The monoisotopic (exact) mass is 1510 g/mol. The number of aromatic hydroxyl groups is 10. The molecule has 20 N–H and O–H groups in total. The zero-order valence-corrected chi connectivity index (χ0v) is 56.1. The Labute approximate surface area is 605 Å². The Balaban J connectivity index is 0.757. The van der Waals surface area contributed by atoms with E-state index in [1.54, 1.807) is 0 Å². The topological polar surface area (TPSA) is 591 Å². The molecule has 0 unspecified atom stereocenters. The highest BCUT2D eigenvalue weighted by Gasteiger charge is 2.61. The van der Waals surface area contributed by atoms with Crippen LogP contribution in [0.25, 0.3) is 44.6 Å². The molecule has 5 aliphatic rings. The van der Waals surface area contributed by atoms with Gasteiger partial charge in [-0.05, 0) is 85.6 Å². The highest BCUT2D eigenvalue weighted by Crippen LogP contribution is 2.59. The van der Waals surface area contributed by atoms with Crippen LogP contribution in [0.4, 0.5) is 0 Å². The second kappa shape index (κ2) is 30.0. The minimum Gasteiger partial charge on any atom is -0.508 e. The molecule has 6 heterocycles. The average molecular weight is 1510 g/mol. The van der Waals surface area contributed by atoms with Crippen LogP contribution in [-0.2, 0) is 47.5 Å². The second-order valence-electron chi connectivity index (χ2n) is 26.7. The number of fused-ring (bicyclic) bond motifs is 2. The molecule has 13 rings (SSSR count). The molecule has 0 amide bonds. The summed E-state index contributed by atoms with van der Waals surface area (Å²) in [5.74, 6) is -16.6. The van der Waals surface area contributed by atoms with Crippen LogP contribution in [0.1, 0.15) is 36.8 Å². The SMILES string of the molecule is C[C@@H]1O[C@@H](Oc2c(-c3ccc(O)c(O)c3)oc3cc(O)cc(O)c3c2=O)[C@H](O[C@@H]2O[C@H](COC(=O)[C@H]3[C@H](C(=O)OC[C@H]4O[C@@H](O[C@H]5[C@H](Oc6c(-c7ccc(O)c(O)c7)oc7cc(O)cc(O)c7c6=O)O[C@@H](C)[C@H](O)[C@H]5O)[C@H](O)[C@@H](O)[C@@H]4O)[C@@H](c4ccc(O)cc4)[C@@H]3c3ccc(O)cc3)[C@@H](O)[C@H](O)[C@H]2O)[C@H](O)[C@H]1O. The summed E-state index contributed by atoms with van der Waals surface area (Å²) >= 11 is 0. The third-order valence-corrected chi connectivity index (χ3v) is 19.7. The van der Waals surface area contributed by atoms with Gasteiger partial charge in [0.1, 0.15) is 143 Å². The molecule has 1 aliphatic carbocycles. The number of hydrogen-bond donors (Lipinski definition) is 20. The van der Waals surface area contributed by atoms with E-state index in [-0.39, 0.29) is 22.6 Å². The zero-order valence-electron chi connectivity index (χ0n) is 56.1. The van der Waals surface area contributed by atoms with Crippen molar-refractivity contribution in [3.63, 3.8) is 0 Å². The van der Waals surface area contributed by atoms with E-state index in [2.05, 4.69) is 0 Å². The van der Waals surface area contributed by atoms with Gasteiger partial charge in [0.2, 0.25) is 34.9 Å². The lowest BCUT2D eigenvalue weighted by molar-refractivity contribution is -0.356. The molecule has 24 atom stereocenters. The first-order valence-electron chi connectivity index (χ1n) is 33.4. The lowest BCUT2D eigenvalue weighted by Gasteiger charge is -2.50. The summed E-state index contributed by atoms with van der Waals surface area (Å²) in [4.78, 5) is 58.8. The standard InChI is InChI=1S/C72H72O36/c1-23-49(83)57(91)65(71(99-23)105-63-53(87)45-37(81)17-31(75)19-39(45)101-61(63)27-7-13-33(77)35(79)15-27)107-69-59(93)55(89)51(85)41(103-69)21-97-67(95)47-43(25-3-9-29(73)10-4-25)44(26-5-11-30(74)12-6-26)48(47)68(96)98-22-42-52(86)56(90)60(94)70(104-42)108-66-58(92)50(84)24(2)100-72(66)106-64-54(88)46-38(82)18-32(76)20-40(46)102-62(64)28-8-14-34(78)36(80)16-28/h3-20,23-24,41-44,47-52,55-60,65-66,69-86,89-94H,21-22H2,1-2H3/t23-,24-,41+,42+,43-,44-,47+,48+,49-,50-,51+,52+,55-,56-,57+,58+,59+,60+,65+,66+,69-,70-,71-,72-/m0/s1. The largest absolute Gasteiger partial charge is 0.508 e. The Kier molecular flexibility index (Phi) is 21.1. The van der Waals surface area contributed by atoms with E-state index in [0.717, 1.165) is 48.5 Å². The Morgan fingerprint density at radius 1 is 0.370 bits per heavy atom. The molecule has 108 heavy (non-hydrogen) atoms. The van der Waals surface area contributed by atoms with Crippen molar-refractivity contribution in [3.05, 3.63) is 141 Å². The van der Waals surface area contributed by atoms with Gasteiger partial charge >= 0.3 is 11.9 Å². The van der Waals surface area contributed by atoms with Crippen molar-refractivity contribution in [1.29, 1.82) is 0 Å². The molecule has 576 valence electrons. The smallest absolute Gasteiger partial charge is 0.310 e. The Bertz CT molecular complexity index is 4500. The first kappa shape index (κ1) is 75.9. The van der Waals surface area contributed by atoms with E-state index in [1.807, 2.05) is 0 Å². The molecule has 1 saturated carbocycles. The fourth-order valence-corrected chi connectivity index (χ4v) is 13.9. The number of phenols is 10. The van der Waals surface area contributed by atoms with Crippen LogP contribution < -0.4 is 20.3 Å². The zero-order chi connectivity index (χ0) is 77.5. The fourth-order valence-electron chi connectivity index (χ4n) is 13.9. The number of aliphatic hydroxyl groups excluding tert-OH is 10. The molecule has 0 bridgehead atoms. The predicted molar refractivity (Wildman–Crippen MR) is 357 cm³/mol. The van der Waals surface area contributed by atoms with Gasteiger partial charge in [-0.25, -0.2) is 0 Å². The van der Waals surface area contributed by atoms with Gasteiger partial charge < -0.3 is 158 Å². The molecule has 0 spiro atoms. The number of phenolic OH excluding ortho intramolecular Hbond substituents is 10. The molecule has 4 aliphatic heterocycles. The van der Waals surface area contributed by atoms with Gasteiger partial charge in [0.15, 0.2) is 59.3 Å². The van der Waals surface area contributed by atoms with E-state index in [1.165, 1.54) is 74.5 Å². The van der Waals surface area contributed by atoms with Crippen LogP contribution in [0.3, 0.4) is 0 Å². The lowest BCUT2D eigenvalue weighted by atomic mass is 9.52. The molecule has 4 saturated heterocycles. The van der Waals surface area contributed by atoms with Gasteiger partial charge in [-0.3, -0.25) is 19.2 Å². The Morgan fingerprint density at radius 3 is 1.08 bits per heavy atom. The van der Waals surface area contributed by atoms with E-state index in [0.29, 0.717) is 11.1 Å². The molecule has 2 aromatic heterocycles. The van der Waals surface area contributed by atoms with Crippen molar-refractivity contribution in [2.24, 2.45) is 11.8 Å². The van der Waals surface area contributed by atoms with Gasteiger partial charge in [0, 0.05) is 47.2 Å². The molecular formula is C72H72O36. The third kappa shape index (κ3) is 14.2. The highest BCUT2D eigenvalue weighted by molar-refractivity contribution is 5.90. The maximum atomic E-state index is 15.0. The van der Waals surface area contributed by atoms with Crippen molar-refractivity contribution in [2.45, 2.75) is 149 Å². The number of aliphatic hydroxyl groups is 10. The maximum absolute atomic E-state index is 15.0. The van der Waals surface area contributed by atoms with Crippen molar-refractivity contribution in [3.8, 4) is 91.6 Å². The maximum Gasteiger partial charge on any atom is 0.310 e. The first-order chi connectivity index (χ1) is 51.3. The minimum absolute atomic E-state index is 0.159. The quantitative estimate of drug-likeness (QED) is 0.0396. The summed E-state index contributed by atoms with van der Waals surface area (Å²) in [5.41, 5.74) is -2.88. The summed E-state index contributed by atoms with van der Waals surface area (Å²) in [6, 6.07) is 20.5. The number of carbonyl (C=O) groups is 2. The second-order valence-corrected chi connectivity index (χ2v) is 26.7. The number of esters is 2. The van der Waals surface area contributed by atoms with Crippen molar-refractivity contribution in [2.75, 3.05) is 13.2 Å². The molecular weight excluding hydrogens is 1440 g/mol. The molecule has 36 nitrogen and oxygen atoms in total. The van der Waals surface area contributed by atoms with E-state index in [4.69, 9.17) is 56.2 Å². The summed E-state index contributed by atoms with van der Waals surface area (Å²) in [7, 11) is 0. The van der Waals surface area contributed by atoms with E-state index < -0.39 is 273 Å². The van der Waals surface area contributed by atoms with Crippen molar-refractivity contribution in [1.82, 2.24) is 0 Å². The van der Waals surface area contributed by atoms with Gasteiger partial charge in [0.25, 0.3) is 0 Å². The lowest BCUT2D eigenvalue weighted by Crippen LogP contribution is -2.64. The third-order valence-electron chi connectivity index (χ3n) is 19.7. The van der Waals surface area contributed by atoms with Crippen LogP contribution in [0.5, 0.6) is 69.0 Å². The Morgan fingerprint density at radius 2 is 0.731 bits per heavy atom. The van der Waals surface area contributed by atoms with E-state index >= 15 is 9.59 Å². The van der Waals surface area contributed by atoms with E-state index in [9.17, 15) is 112 Å². The number of hydrogen-bond acceptors (Lipinski definition) is 36. The van der Waals surface area contributed by atoms with Gasteiger partial charge in [-0.1, -0.05) is 24.3 Å². The Hall–Kier alpha value is -10.4. The number of rotatable bonds is 18. The molecule has 8 aromatic rings. The highest BCUT2D eigenvalue weighted by atomic mass is 16.8. The number of ether oxygens (including phenoxy) is 10. The van der Waals surface area contributed by atoms with Gasteiger partial charge in [-0.15, -0.1) is 0 Å². The van der Waals surface area contributed by atoms with Crippen LogP contribution >= 0.6 is 0 Å². The predicted octanol–water partition coefficient (Wildman–Crippen LogP) is -0.0340. The fraction of sp³-hybridized carbons (Fsp3) is 0.389. The summed E-state index contributed by atoms with van der Waals surface area (Å²) < 4.78 is 71.3.